The van der Waals surface area contributed by atoms with E-state index in [2.05, 4.69) is 15.9 Å². The Kier molecular flexibility index (Phi) is 4.33. The van der Waals surface area contributed by atoms with Crippen LogP contribution in [0.15, 0.2) is 16.6 Å². The highest BCUT2D eigenvalue weighted by atomic mass is 79.9. The van der Waals surface area contributed by atoms with Gasteiger partial charge in [0.05, 0.1) is 10.6 Å². The van der Waals surface area contributed by atoms with Crippen LogP contribution in [-0.2, 0) is 11.2 Å². The Morgan fingerprint density at radius 1 is 1.47 bits per heavy atom. The number of ether oxygens (including phenoxy) is 1. The molecule has 82 valence electrons. The number of carbonyl (C=O) groups is 1. The fraction of sp³-hybridized carbons (Fsp3) is 0.417. The second-order valence-electron chi connectivity index (χ2n) is 3.77. The van der Waals surface area contributed by atoms with E-state index in [1.165, 1.54) is 0 Å². The fourth-order valence-electron chi connectivity index (χ4n) is 1.41. The Balaban J connectivity index is 3.13. The molecule has 2 nitrogen and oxygen atoms in total. The van der Waals surface area contributed by atoms with E-state index < -0.39 is 0 Å². The van der Waals surface area contributed by atoms with Gasteiger partial charge in [-0.2, -0.15) is 0 Å². The van der Waals surface area contributed by atoms with Crippen LogP contribution in [-0.4, -0.2) is 12.4 Å². The summed E-state index contributed by atoms with van der Waals surface area (Å²) in [5.74, 6) is 0.780. The third-order valence-electron chi connectivity index (χ3n) is 1.92. The van der Waals surface area contributed by atoms with E-state index >= 15 is 0 Å². The summed E-state index contributed by atoms with van der Waals surface area (Å²) in [7, 11) is 0. The summed E-state index contributed by atoms with van der Waals surface area (Å²) in [6.07, 6.45) is 1.39. The third-order valence-corrected chi connectivity index (χ3v) is 2.51. The van der Waals surface area contributed by atoms with Crippen molar-refractivity contribution in [3.63, 3.8) is 0 Å². The Bertz CT molecular complexity index is 359. The van der Waals surface area contributed by atoms with Crippen molar-refractivity contribution < 1.29 is 9.53 Å². The van der Waals surface area contributed by atoms with Gasteiger partial charge >= 0.3 is 0 Å². The summed E-state index contributed by atoms with van der Waals surface area (Å²) >= 11 is 3.46. The minimum Gasteiger partial charge on any atom is -0.490 e. The minimum absolute atomic E-state index is 0.106. The van der Waals surface area contributed by atoms with Crippen molar-refractivity contribution in [3.8, 4) is 5.75 Å². The smallest absolute Gasteiger partial charge is 0.137 e. The SMILES string of the molecule is Cc1cc(Br)c(OC(C)C)c(CC=O)c1. The normalized spacial score (nSPS) is 10.5. The maximum Gasteiger partial charge on any atom is 0.137 e. The number of benzene rings is 1. The van der Waals surface area contributed by atoms with Crippen LogP contribution in [0, 0.1) is 6.92 Å². The average Bonchev–Trinajstić information content (AvgIpc) is 2.11. The van der Waals surface area contributed by atoms with Crippen molar-refractivity contribution in [1.82, 2.24) is 0 Å². The van der Waals surface area contributed by atoms with Crippen LogP contribution in [0.4, 0.5) is 0 Å². The monoisotopic (exact) mass is 270 g/mol. The van der Waals surface area contributed by atoms with Gasteiger partial charge in [-0.1, -0.05) is 6.07 Å². The molecule has 0 aliphatic rings. The van der Waals surface area contributed by atoms with Crippen molar-refractivity contribution in [2.75, 3.05) is 0 Å². The lowest BCUT2D eigenvalue weighted by Gasteiger charge is -2.15. The van der Waals surface area contributed by atoms with Gasteiger partial charge < -0.3 is 9.53 Å². The molecule has 0 aliphatic carbocycles. The lowest BCUT2D eigenvalue weighted by molar-refractivity contribution is -0.107. The molecule has 3 heteroatoms. The number of aryl methyl sites for hydroxylation is 1. The van der Waals surface area contributed by atoms with E-state index in [9.17, 15) is 4.79 Å². The van der Waals surface area contributed by atoms with Gasteiger partial charge in [0.2, 0.25) is 0 Å². The molecule has 1 rings (SSSR count). The van der Waals surface area contributed by atoms with E-state index in [1.54, 1.807) is 0 Å². The molecule has 0 bridgehead atoms. The largest absolute Gasteiger partial charge is 0.490 e. The molecule has 1 aromatic carbocycles. The van der Waals surface area contributed by atoms with Crippen LogP contribution in [0.25, 0.3) is 0 Å². The molecule has 0 spiro atoms. The lowest BCUT2D eigenvalue weighted by atomic mass is 10.1. The maximum absolute atomic E-state index is 10.6. The van der Waals surface area contributed by atoms with Gasteiger partial charge in [0.1, 0.15) is 12.0 Å². The van der Waals surface area contributed by atoms with Crippen molar-refractivity contribution in [2.24, 2.45) is 0 Å². The highest BCUT2D eigenvalue weighted by Gasteiger charge is 2.10. The number of hydrogen-bond acceptors (Lipinski definition) is 2. The van der Waals surface area contributed by atoms with Crippen LogP contribution < -0.4 is 4.74 Å². The molecule has 0 saturated heterocycles. The Labute approximate surface area is 98.8 Å². The molecule has 1 aromatic rings. The Hall–Kier alpha value is -0.830. The second-order valence-corrected chi connectivity index (χ2v) is 4.63. The zero-order chi connectivity index (χ0) is 11.4. The lowest BCUT2D eigenvalue weighted by Crippen LogP contribution is -2.08. The van der Waals surface area contributed by atoms with Crippen LogP contribution in [0.1, 0.15) is 25.0 Å². The van der Waals surface area contributed by atoms with E-state index in [4.69, 9.17) is 4.74 Å². The summed E-state index contributed by atoms with van der Waals surface area (Å²) in [5, 5.41) is 0. The number of rotatable bonds is 4. The predicted octanol–water partition coefficient (Wildman–Crippen LogP) is 3.29. The highest BCUT2D eigenvalue weighted by Crippen LogP contribution is 2.31. The number of halogens is 1. The quantitative estimate of drug-likeness (QED) is 0.785. The molecule has 0 N–H and O–H groups in total. The molecule has 15 heavy (non-hydrogen) atoms. The molecular weight excluding hydrogens is 256 g/mol. The fourth-order valence-corrected chi connectivity index (χ4v) is 2.12. The number of hydrogen-bond donors (Lipinski definition) is 0. The van der Waals surface area contributed by atoms with Crippen LogP contribution in [0.2, 0.25) is 0 Å². The van der Waals surface area contributed by atoms with Crippen molar-refractivity contribution >= 4 is 22.2 Å². The standard InChI is InChI=1S/C12H15BrO2/c1-8(2)15-12-10(4-5-14)6-9(3)7-11(12)13/h5-8H,4H2,1-3H3. The molecule has 0 fully saturated rings. The van der Waals surface area contributed by atoms with Gasteiger partial charge in [0.25, 0.3) is 0 Å². The highest BCUT2D eigenvalue weighted by molar-refractivity contribution is 9.10. The number of aldehydes is 1. The van der Waals surface area contributed by atoms with Crippen LogP contribution >= 0.6 is 15.9 Å². The van der Waals surface area contributed by atoms with Crippen LogP contribution in [0.5, 0.6) is 5.75 Å². The van der Waals surface area contributed by atoms with Gasteiger partial charge in [-0.15, -0.1) is 0 Å². The van der Waals surface area contributed by atoms with Crippen molar-refractivity contribution in [1.29, 1.82) is 0 Å². The summed E-state index contributed by atoms with van der Waals surface area (Å²) < 4.78 is 6.59. The molecule has 0 unspecified atom stereocenters. The van der Waals surface area contributed by atoms with Crippen molar-refractivity contribution in [2.45, 2.75) is 33.3 Å². The second kappa shape index (κ2) is 5.31. The molecule has 0 saturated carbocycles. The summed E-state index contributed by atoms with van der Waals surface area (Å²) in [5.41, 5.74) is 2.06. The molecule has 0 atom stereocenters. The first-order valence-corrected chi connectivity index (χ1v) is 5.73. The summed E-state index contributed by atoms with van der Waals surface area (Å²) in [6, 6.07) is 3.98. The van der Waals surface area contributed by atoms with E-state index in [-0.39, 0.29) is 6.10 Å². The first-order chi connectivity index (χ1) is 7.04. The van der Waals surface area contributed by atoms with Crippen LogP contribution in [0.3, 0.4) is 0 Å². The van der Waals surface area contributed by atoms with Gasteiger partial charge in [0, 0.05) is 12.0 Å². The van der Waals surface area contributed by atoms with E-state index in [1.807, 2.05) is 32.9 Å². The van der Waals surface area contributed by atoms with E-state index in [0.29, 0.717) is 6.42 Å². The van der Waals surface area contributed by atoms with Gasteiger partial charge in [-0.25, -0.2) is 0 Å². The zero-order valence-electron chi connectivity index (χ0n) is 9.21. The summed E-state index contributed by atoms with van der Waals surface area (Å²) in [4.78, 5) is 10.6. The van der Waals surface area contributed by atoms with Gasteiger partial charge in [0.15, 0.2) is 0 Å². The zero-order valence-corrected chi connectivity index (χ0v) is 10.8. The topological polar surface area (TPSA) is 26.3 Å². The minimum atomic E-state index is 0.106. The molecule has 0 radical (unpaired) electrons. The molecule has 0 aliphatic heterocycles. The van der Waals surface area contributed by atoms with Crippen molar-refractivity contribution in [3.05, 3.63) is 27.7 Å². The molecule has 0 amide bonds. The average molecular weight is 271 g/mol. The molecule has 0 aromatic heterocycles. The summed E-state index contributed by atoms with van der Waals surface area (Å²) in [6.45, 7) is 5.94. The first kappa shape index (κ1) is 12.2. The predicted molar refractivity (Wildman–Crippen MR) is 64.4 cm³/mol. The maximum atomic E-state index is 10.6. The molecular formula is C12H15BrO2. The van der Waals surface area contributed by atoms with Gasteiger partial charge in [-0.3, -0.25) is 0 Å². The first-order valence-electron chi connectivity index (χ1n) is 4.94. The Morgan fingerprint density at radius 2 is 2.13 bits per heavy atom. The Morgan fingerprint density at radius 3 is 2.67 bits per heavy atom. The van der Waals surface area contributed by atoms with E-state index in [0.717, 1.165) is 27.6 Å². The third kappa shape index (κ3) is 3.34. The molecule has 0 heterocycles. The van der Waals surface area contributed by atoms with Gasteiger partial charge in [-0.05, 0) is 48.3 Å². The number of carbonyl (C=O) groups excluding carboxylic acids is 1.